The Morgan fingerprint density at radius 3 is 2.50 bits per heavy atom. The summed E-state index contributed by atoms with van der Waals surface area (Å²) in [6.45, 7) is 3.07. The number of aryl methyl sites for hydroxylation is 1. The summed E-state index contributed by atoms with van der Waals surface area (Å²) in [6, 6.07) is 12.7. The molecule has 0 saturated carbocycles. The van der Waals surface area contributed by atoms with Gasteiger partial charge in [-0.2, -0.15) is 0 Å². The Hall–Kier alpha value is -1.25. The predicted octanol–water partition coefficient (Wildman–Crippen LogP) is 3.92. The Morgan fingerprint density at radius 1 is 1.22 bits per heavy atom. The van der Waals surface area contributed by atoms with Crippen molar-refractivity contribution in [2.45, 2.75) is 25.9 Å². The van der Waals surface area contributed by atoms with Gasteiger partial charge in [-0.25, -0.2) is 0 Å². The highest BCUT2D eigenvalue weighted by molar-refractivity contribution is 6.30. The van der Waals surface area contributed by atoms with Crippen LogP contribution in [0.4, 0.5) is 0 Å². The van der Waals surface area contributed by atoms with Gasteiger partial charge in [-0.1, -0.05) is 30.7 Å². The van der Waals surface area contributed by atoms with Crippen LogP contribution < -0.4 is 5.32 Å². The lowest BCUT2D eigenvalue weighted by Crippen LogP contribution is -2.21. The maximum atomic E-state index is 5.91. The number of hydrogen-bond donors (Lipinski definition) is 1. The van der Waals surface area contributed by atoms with Crippen molar-refractivity contribution in [2.24, 2.45) is 7.05 Å². The molecule has 0 amide bonds. The number of aromatic nitrogens is 1. The van der Waals surface area contributed by atoms with E-state index in [0.717, 1.165) is 18.0 Å². The summed E-state index contributed by atoms with van der Waals surface area (Å²) in [5, 5.41) is 4.37. The van der Waals surface area contributed by atoms with Crippen molar-refractivity contribution in [3.05, 3.63) is 58.9 Å². The molecule has 96 valence electrons. The van der Waals surface area contributed by atoms with Gasteiger partial charge in [0.1, 0.15) is 0 Å². The van der Waals surface area contributed by atoms with E-state index in [1.807, 2.05) is 12.1 Å². The van der Waals surface area contributed by atoms with Gasteiger partial charge in [0.15, 0.2) is 0 Å². The van der Waals surface area contributed by atoms with Crippen LogP contribution in [0.15, 0.2) is 42.6 Å². The van der Waals surface area contributed by atoms with E-state index in [1.165, 1.54) is 11.3 Å². The average Bonchev–Trinajstić information content (AvgIpc) is 2.78. The van der Waals surface area contributed by atoms with E-state index >= 15 is 0 Å². The van der Waals surface area contributed by atoms with Crippen LogP contribution in [0.2, 0.25) is 5.02 Å². The first-order valence-corrected chi connectivity index (χ1v) is 6.67. The van der Waals surface area contributed by atoms with Gasteiger partial charge in [-0.3, -0.25) is 0 Å². The Morgan fingerprint density at radius 2 is 1.94 bits per heavy atom. The molecule has 3 heteroatoms. The Kier molecular flexibility index (Phi) is 4.45. The lowest BCUT2D eigenvalue weighted by atomic mass is 10.0. The van der Waals surface area contributed by atoms with Crippen molar-refractivity contribution < 1.29 is 0 Å². The molecule has 0 aliphatic heterocycles. The third-order valence-corrected chi connectivity index (χ3v) is 3.51. The molecule has 2 nitrogen and oxygen atoms in total. The van der Waals surface area contributed by atoms with Crippen molar-refractivity contribution >= 4 is 11.6 Å². The summed E-state index contributed by atoms with van der Waals surface area (Å²) in [5.74, 6) is 0. The van der Waals surface area contributed by atoms with Gasteiger partial charge in [0.05, 0.1) is 0 Å². The summed E-state index contributed by atoms with van der Waals surface area (Å²) in [4.78, 5) is 0. The zero-order valence-corrected chi connectivity index (χ0v) is 11.6. The largest absolute Gasteiger partial charge is 0.353 e. The second-order valence-electron chi connectivity index (χ2n) is 4.50. The smallest absolute Gasteiger partial charge is 0.0406 e. The molecule has 0 aliphatic carbocycles. The van der Waals surface area contributed by atoms with Crippen LogP contribution in [0, 0.1) is 0 Å². The first-order valence-electron chi connectivity index (χ1n) is 6.29. The van der Waals surface area contributed by atoms with Crippen molar-refractivity contribution in [3.63, 3.8) is 0 Å². The number of hydrogen-bond acceptors (Lipinski definition) is 1. The molecule has 2 rings (SSSR count). The Balaban J connectivity index is 2.01. The van der Waals surface area contributed by atoms with Gasteiger partial charge >= 0.3 is 0 Å². The number of nitrogens with one attached hydrogen (secondary N) is 1. The molecule has 18 heavy (non-hydrogen) atoms. The van der Waals surface area contributed by atoms with Gasteiger partial charge in [-0.15, -0.1) is 0 Å². The molecule has 0 bridgehead atoms. The fourth-order valence-electron chi connectivity index (χ4n) is 2.10. The van der Waals surface area contributed by atoms with Gasteiger partial charge in [0, 0.05) is 36.5 Å². The number of halogens is 1. The molecule has 0 saturated heterocycles. The highest BCUT2D eigenvalue weighted by atomic mass is 35.5. The third kappa shape index (κ3) is 3.15. The van der Waals surface area contributed by atoms with E-state index in [4.69, 9.17) is 11.6 Å². The van der Waals surface area contributed by atoms with Crippen LogP contribution >= 0.6 is 11.6 Å². The summed E-state index contributed by atoms with van der Waals surface area (Å²) in [6.07, 6.45) is 3.13. The van der Waals surface area contributed by atoms with Gasteiger partial charge in [0.2, 0.25) is 0 Å². The molecule has 0 spiro atoms. The van der Waals surface area contributed by atoms with E-state index < -0.39 is 0 Å². The monoisotopic (exact) mass is 262 g/mol. The molecule has 1 aromatic heterocycles. The molecule has 0 aliphatic rings. The number of nitrogens with zero attached hydrogens (tertiary/aromatic N) is 1. The lowest BCUT2D eigenvalue weighted by Gasteiger charge is -2.18. The Labute approximate surface area is 114 Å². The lowest BCUT2D eigenvalue weighted by molar-refractivity contribution is 0.508. The SMILES string of the molecule is CCC(NCc1cccn1C)c1ccc(Cl)cc1. The van der Waals surface area contributed by atoms with Crippen LogP contribution in [0.25, 0.3) is 0 Å². The highest BCUT2D eigenvalue weighted by Crippen LogP contribution is 2.19. The molecule has 1 atom stereocenters. The minimum absolute atomic E-state index is 0.372. The van der Waals surface area contributed by atoms with Crippen LogP contribution in [-0.4, -0.2) is 4.57 Å². The third-order valence-electron chi connectivity index (χ3n) is 3.26. The predicted molar refractivity (Wildman–Crippen MR) is 76.7 cm³/mol. The molecule has 1 N–H and O–H groups in total. The molecule has 1 unspecified atom stereocenters. The molecule has 0 radical (unpaired) electrons. The fourth-order valence-corrected chi connectivity index (χ4v) is 2.23. The maximum Gasteiger partial charge on any atom is 0.0406 e. The number of benzene rings is 1. The quantitative estimate of drug-likeness (QED) is 0.864. The molecule has 0 fully saturated rings. The van der Waals surface area contributed by atoms with Gasteiger partial charge < -0.3 is 9.88 Å². The van der Waals surface area contributed by atoms with E-state index in [-0.39, 0.29) is 0 Å². The van der Waals surface area contributed by atoms with E-state index in [0.29, 0.717) is 6.04 Å². The summed E-state index contributed by atoms with van der Waals surface area (Å²) in [7, 11) is 2.07. The standard InChI is InChI=1S/C15H19ClN2/c1-3-15(12-6-8-13(16)9-7-12)17-11-14-5-4-10-18(14)2/h4-10,15,17H,3,11H2,1-2H3. The molecule has 2 aromatic rings. The zero-order valence-electron chi connectivity index (χ0n) is 10.9. The normalized spacial score (nSPS) is 12.6. The minimum Gasteiger partial charge on any atom is -0.353 e. The van der Waals surface area contributed by atoms with Crippen molar-refractivity contribution in [1.82, 2.24) is 9.88 Å². The second kappa shape index (κ2) is 6.07. The van der Waals surface area contributed by atoms with Crippen LogP contribution in [-0.2, 0) is 13.6 Å². The van der Waals surface area contributed by atoms with Gasteiger partial charge in [-0.05, 0) is 36.2 Å². The molecule has 1 heterocycles. The van der Waals surface area contributed by atoms with E-state index in [1.54, 1.807) is 0 Å². The van der Waals surface area contributed by atoms with E-state index in [2.05, 4.69) is 54.3 Å². The topological polar surface area (TPSA) is 17.0 Å². The first-order chi connectivity index (χ1) is 8.70. The Bertz CT molecular complexity index is 487. The van der Waals surface area contributed by atoms with Gasteiger partial charge in [0.25, 0.3) is 0 Å². The summed E-state index contributed by atoms with van der Waals surface area (Å²) >= 11 is 5.91. The molecular weight excluding hydrogens is 244 g/mol. The molecular formula is C15H19ClN2. The van der Waals surface area contributed by atoms with Crippen LogP contribution in [0.3, 0.4) is 0 Å². The van der Waals surface area contributed by atoms with Crippen molar-refractivity contribution in [2.75, 3.05) is 0 Å². The fraction of sp³-hybridized carbons (Fsp3) is 0.333. The maximum absolute atomic E-state index is 5.91. The van der Waals surface area contributed by atoms with Crippen molar-refractivity contribution in [1.29, 1.82) is 0 Å². The van der Waals surface area contributed by atoms with E-state index in [9.17, 15) is 0 Å². The minimum atomic E-state index is 0.372. The van der Waals surface area contributed by atoms with Crippen LogP contribution in [0.1, 0.15) is 30.6 Å². The highest BCUT2D eigenvalue weighted by Gasteiger charge is 2.09. The molecule has 1 aromatic carbocycles. The number of rotatable bonds is 5. The van der Waals surface area contributed by atoms with Crippen molar-refractivity contribution in [3.8, 4) is 0 Å². The average molecular weight is 263 g/mol. The summed E-state index contributed by atoms with van der Waals surface area (Å²) in [5.41, 5.74) is 2.58. The van der Waals surface area contributed by atoms with Crippen LogP contribution in [0.5, 0.6) is 0 Å². The summed E-state index contributed by atoms with van der Waals surface area (Å²) < 4.78 is 2.14. The first kappa shape index (κ1) is 13.2. The zero-order chi connectivity index (χ0) is 13.0. The second-order valence-corrected chi connectivity index (χ2v) is 4.94.